The van der Waals surface area contributed by atoms with Gasteiger partial charge in [-0.15, -0.1) is 5.10 Å². The minimum atomic E-state index is -0.0408. The molecule has 1 amide bonds. The molecule has 2 aliphatic rings. The van der Waals surface area contributed by atoms with Gasteiger partial charge in [0.25, 0.3) is 5.91 Å². The van der Waals surface area contributed by atoms with E-state index in [-0.39, 0.29) is 5.91 Å². The van der Waals surface area contributed by atoms with Gasteiger partial charge in [0.1, 0.15) is 0 Å². The molecule has 148 valence electrons. The molecule has 2 aromatic carbocycles. The molecule has 0 bridgehead atoms. The van der Waals surface area contributed by atoms with Crippen molar-refractivity contribution in [3.8, 4) is 17.1 Å². The smallest absolute Gasteiger partial charge is 0.293 e. The van der Waals surface area contributed by atoms with Gasteiger partial charge in [-0.2, -0.15) is 0 Å². The topological polar surface area (TPSA) is 51.0 Å². The summed E-state index contributed by atoms with van der Waals surface area (Å²) in [6.07, 6.45) is 6.32. The molecule has 29 heavy (non-hydrogen) atoms. The van der Waals surface area contributed by atoms with Crippen LogP contribution in [-0.4, -0.2) is 38.7 Å². The minimum Gasteiger partial charge on any atom is -0.336 e. The minimum absolute atomic E-state index is 0.0408. The van der Waals surface area contributed by atoms with Crippen LogP contribution in [0, 0.1) is 11.8 Å². The Morgan fingerprint density at radius 1 is 0.862 bits per heavy atom. The maximum absolute atomic E-state index is 13.3. The van der Waals surface area contributed by atoms with E-state index in [1.165, 1.54) is 25.7 Å². The molecular formula is C24H26N4O. The normalized spacial score (nSPS) is 21.6. The van der Waals surface area contributed by atoms with E-state index in [1.54, 1.807) is 4.68 Å². The summed E-state index contributed by atoms with van der Waals surface area (Å²) < 4.78 is 1.79. The molecule has 3 aromatic rings. The molecule has 0 spiro atoms. The van der Waals surface area contributed by atoms with E-state index >= 15 is 0 Å². The number of fused-ring (bicyclic) bond motifs is 1. The van der Waals surface area contributed by atoms with Crippen molar-refractivity contribution in [2.45, 2.75) is 32.1 Å². The molecule has 5 nitrogen and oxygen atoms in total. The van der Waals surface area contributed by atoms with Gasteiger partial charge in [0, 0.05) is 18.7 Å². The van der Waals surface area contributed by atoms with E-state index in [0.717, 1.165) is 36.7 Å². The summed E-state index contributed by atoms with van der Waals surface area (Å²) in [6, 6.07) is 19.9. The number of rotatable bonds is 3. The highest BCUT2D eigenvalue weighted by atomic mass is 16.2. The largest absolute Gasteiger partial charge is 0.336 e. The fourth-order valence-electron chi connectivity index (χ4n) is 4.85. The highest BCUT2D eigenvalue weighted by Gasteiger charge is 2.34. The van der Waals surface area contributed by atoms with E-state index in [9.17, 15) is 4.79 Å². The first-order valence-corrected chi connectivity index (χ1v) is 10.7. The van der Waals surface area contributed by atoms with Crippen molar-refractivity contribution >= 4 is 5.91 Å². The third-order valence-corrected chi connectivity index (χ3v) is 6.41. The number of amides is 1. The van der Waals surface area contributed by atoms with Crippen molar-refractivity contribution < 1.29 is 4.79 Å². The fourth-order valence-corrected chi connectivity index (χ4v) is 4.85. The first-order chi connectivity index (χ1) is 14.3. The summed E-state index contributed by atoms with van der Waals surface area (Å²) in [5, 5.41) is 4.65. The van der Waals surface area contributed by atoms with Crippen molar-refractivity contribution in [2.75, 3.05) is 13.1 Å². The van der Waals surface area contributed by atoms with Crippen LogP contribution >= 0.6 is 0 Å². The molecule has 5 rings (SSSR count). The molecule has 0 N–H and O–H groups in total. The highest BCUT2D eigenvalue weighted by molar-refractivity contribution is 5.91. The summed E-state index contributed by atoms with van der Waals surface area (Å²) in [7, 11) is 0. The summed E-state index contributed by atoms with van der Waals surface area (Å²) >= 11 is 0. The van der Waals surface area contributed by atoms with Crippen molar-refractivity contribution in [3.05, 3.63) is 66.5 Å². The predicted molar refractivity (Wildman–Crippen MR) is 113 cm³/mol. The lowest BCUT2D eigenvalue weighted by molar-refractivity contribution is 0.0510. The van der Waals surface area contributed by atoms with Crippen LogP contribution in [0.15, 0.2) is 60.7 Å². The quantitative estimate of drug-likeness (QED) is 0.662. The van der Waals surface area contributed by atoms with Crippen molar-refractivity contribution in [1.82, 2.24) is 19.7 Å². The number of carbonyl (C=O) groups is 1. The van der Waals surface area contributed by atoms with Gasteiger partial charge < -0.3 is 4.90 Å². The number of nitrogens with zero attached hydrogens (tertiary/aromatic N) is 4. The average molecular weight is 386 g/mol. The van der Waals surface area contributed by atoms with Gasteiger partial charge in [-0.25, -0.2) is 9.67 Å². The number of hydrogen-bond donors (Lipinski definition) is 0. The Labute approximate surface area is 171 Å². The number of benzene rings is 2. The Bertz CT molecular complexity index is 926. The zero-order valence-corrected chi connectivity index (χ0v) is 16.6. The number of likely N-dealkylation sites (tertiary alicyclic amines) is 1. The molecular weight excluding hydrogens is 360 g/mol. The molecule has 1 aromatic heterocycles. The maximum Gasteiger partial charge on any atom is 0.293 e. The third-order valence-electron chi connectivity index (χ3n) is 6.41. The molecule has 0 radical (unpaired) electrons. The van der Waals surface area contributed by atoms with Crippen LogP contribution in [0.5, 0.6) is 0 Å². The summed E-state index contributed by atoms with van der Waals surface area (Å²) in [5.74, 6) is 2.39. The molecule has 2 fully saturated rings. The second-order valence-corrected chi connectivity index (χ2v) is 8.22. The second kappa shape index (κ2) is 7.82. The molecule has 2 atom stereocenters. The van der Waals surface area contributed by atoms with Gasteiger partial charge in [0.2, 0.25) is 5.82 Å². The van der Waals surface area contributed by atoms with E-state index in [2.05, 4.69) is 5.10 Å². The first kappa shape index (κ1) is 18.1. The van der Waals surface area contributed by atoms with Gasteiger partial charge in [-0.05, 0) is 36.8 Å². The lowest BCUT2D eigenvalue weighted by Gasteiger charge is -2.40. The Morgan fingerprint density at radius 2 is 1.55 bits per heavy atom. The van der Waals surface area contributed by atoms with Crippen LogP contribution < -0.4 is 0 Å². The summed E-state index contributed by atoms with van der Waals surface area (Å²) in [5.41, 5.74) is 1.86. The van der Waals surface area contributed by atoms with Gasteiger partial charge in [-0.1, -0.05) is 67.8 Å². The van der Waals surface area contributed by atoms with Crippen molar-refractivity contribution in [3.63, 3.8) is 0 Å². The van der Waals surface area contributed by atoms with Crippen LogP contribution in [0.3, 0.4) is 0 Å². The maximum atomic E-state index is 13.3. The molecule has 1 saturated carbocycles. The molecule has 1 aliphatic carbocycles. The lowest BCUT2D eigenvalue weighted by Crippen LogP contribution is -2.45. The van der Waals surface area contributed by atoms with Crippen molar-refractivity contribution in [1.29, 1.82) is 0 Å². The van der Waals surface area contributed by atoms with Crippen LogP contribution in [0.2, 0.25) is 0 Å². The Hall–Kier alpha value is -2.95. The standard InChI is InChI=1S/C24H26N4O/c29-24(27-16-15-18-9-7-8-12-20(18)17-27)22-25-23(19-10-3-1-4-11-19)28(26-22)21-13-5-2-6-14-21/h1-6,10-11,13-14,18,20H,7-9,12,15-17H2/t18-,20+/m1/s1. The number of piperidine rings is 1. The monoisotopic (exact) mass is 386 g/mol. The number of aromatic nitrogens is 3. The van der Waals surface area contributed by atoms with Crippen LogP contribution in [-0.2, 0) is 0 Å². The summed E-state index contributed by atoms with van der Waals surface area (Å²) in [6.45, 7) is 1.67. The first-order valence-electron chi connectivity index (χ1n) is 10.7. The zero-order chi connectivity index (χ0) is 19.6. The molecule has 0 unspecified atom stereocenters. The fraction of sp³-hybridized carbons (Fsp3) is 0.375. The van der Waals surface area contributed by atoms with Crippen LogP contribution in [0.1, 0.15) is 42.7 Å². The van der Waals surface area contributed by atoms with E-state index in [1.807, 2.05) is 65.6 Å². The van der Waals surface area contributed by atoms with E-state index in [0.29, 0.717) is 17.6 Å². The van der Waals surface area contributed by atoms with Crippen LogP contribution in [0.25, 0.3) is 17.1 Å². The SMILES string of the molecule is O=C(c1nc(-c2ccccc2)n(-c2ccccc2)n1)N1CC[C@H]2CCCC[C@H]2C1. The lowest BCUT2D eigenvalue weighted by atomic mass is 9.75. The molecule has 2 heterocycles. The van der Waals surface area contributed by atoms with Crippen LogP contribution in [0.4, 0.5) is 0 Å². The van der Waals surface area contributed by atoms with Gasteiger partial charge in [0.15, 0.2) is 5.82 Å². The summed E-state index contributed by atoms with van der Waals surface area (Å²) in [4.78, 5) is 20.0. The van der Waals surface area contributed by atoms with Gasteiger partial charge in [-0.3, -0.25) is 4.79 Å². The number of carbonyl (C=O) groups excluding carboxylic acids is 1. The van der Waals surface area contributed by atoms with Crippen molar-refractivity contribution in [2.24, 2.45) is 11.8 Å². The van der Waals surface area contributed by atoms with Gasteiger partial charge >= 0.3 is 0 Å². The Balaban J connectivity index is 1.47. The zero-order valence-electron chi connectivity index (χ0n) is 16.6. The third kappa shape index (κ3) is 3.57. The van der Waals surface area contributed by atoms with E-state index < -0.39 is 0 Å². The molecule has 1 aliphatic heterocycles. The second-order valence-electron chi connectivity index (χ2n) is 8.22. The number of hydrogen-bond acceptors (Lipinski definition) is 3. The molecule has 5 heteroatoms. The average Bonchev–Trinajstić information content (AvgIpc) is 3.25. The van der Waals surface area contributed by atoms with E-state index in [4.69, 9.17) is 4.98 Å². The Morgan fingerprint density at radius 3 is 2.31 bits per heavy atom. The van der Waals surface area contributed by atoms with Gasteiger partial charge in [0.05, 0.1) is 5.69 Å². The number of para-hydroxylation sites is 1. The predicted octanol–water partition coefficient (Wildman–Crippen LogP) is 4.59. The Kier molecular flexibility index (Phi) is 4.88. The highest BCUT2D eigenvalue weighted by Crippen LogP contribution is 2.36. The molecule has 1 saturated heterocycles.